The summed E-state index contributed by atoms with van der Waals surface area (Å²) in [7, 11) is 1.60. The van der Waals surface area contributed by atoms with Crippen molar-refractivity contribution in [1.82, 2.24) is 10.3 Å². The number of carbonyl (C=O) groups is 2. The zero-order chi connectivity index (χ0) is 26.1. The highest BCUT2D eigenvalue weighted by Gasteiger charge is 2.45. The molecule has 6 rings (SSSR count). The quantitative estimate of drug-likeness (QED) is 0.410. The Hall–Kier alpha value is -4.85. The van der Waals surface area contributed by atoms with Crippen LogP contribution in [0.3, 0.4) is 0 Å². The lowest BCUT2D eigenvalue weighted by Gasteiger charge is -2.42. The monoisotopic (exact) mass is 507 g/mol. The number of rotatable bonds is 6. The number of nitrogens with zero attached hydrogens (tertiary/aromatic N) is 2. The van der Waals surface area contributed by atoms with Gasteiger partial charge in [-0.25, -0.2) is 0 Å². The molecule has 38 heavy (non-hydrogen) atoms. The van der Waals surface area contributed by atoms with Crippen molar-refractivity contribution in [2.45, 2.75) is 18.5 Å². The first-order valence-corrected chi connectivity index (χ1v) is 12.3. The van der Waals surface area contributed by atoms with Gasteiger partial charge in [-0.3, -0.25) is 19.5 Å². The second kappa shape index (κ2) is 9.89. The average Bonchev–Trinajstić information content (AvgIpc) is 3.44. The fourth-order valence-electron chi connectivity index (χ4n) is 5.08. The lowest BCUT2D eigenvalue weighted by Crippen LogP contribution is -2.47. The molecule has 0 aliphatic carbocycles. The summed E-state index contributed by atoms with van der Waals surface area (Å²) in [6, 6.07) is 23.3. The van der Waals surface area contributed by atoms with Crippen molar-refractivity contribution in [3.05, 3.63) is 114 Å². The van der Waals surface area contributed by atoms with Gasteiger partial charge in [0.15, 0.2) is 11.5 Å². The van der Waals surface area contributed by atoms with Gasteiger partial charge in [-0.2, -0.15) is 0 Å². The Morgan fingerprint density at radius 1 is 1.00 bits per heavy atom. The zero-order valence-corrected chi connectivity index (χ0v) is 20.7. The maximum absolute atomic E-state index is 14.1. The molecule has 0 bridgehead atoms. The SMILES string of the molecule is COc1ccc([C@H]2[C@H](C(=O)NCc3ccncc3)c3ccccc3C(=O)N2c2ccc3c(c2)OCO3)cc1. The Bertz CT molecular complexity index is 1490. The molecule has 2 atom stereocenters. The molecule has 8 heteroatoms. The fraction of sp³-hybridized carbons (Fsp3) is 0.167. The lowest BCUT2D eigenvalue weighted by molar-refractivity contribution is -0.123. The molecule has 2 aliphatic heterocycles. The molecule has 0 unspecified atom stereocenters. The standard InChI is InChI=1S/C30H25N3O5/c1-36-22-9-6-20(7-10-22)28-27(29(34)32-17-19-12-14-31-15-13-19)23-4-2-3-5-24(23)30(35)33(28)21-8-11-25-26(16-21)38-18-37-25/h2-16,27-28H,17-18H2,1H3,(H,32,34)/t27-,28+/m1/s1. The first kappa shape index (κ1) is 23.5. The Labute approximate surface area is 219 Å². The number of benzene rings is 3. The van der Waals surface area contributed by atoms with Crippen molar-refractivity contribution in [3.8, 4) is 17.2 Å². The highest BCUT2D eigenvalue weighted by atomic mass is 16.7. The highest BCUT2D eigenvalue weighted by Crippen LogP contribution is 2.47. The maximum atomic E-state index is 14.1. The van der Waals surface area contributed by atoms with Crippen LogP contribution in [-0.2, 0) is 11.3 Å². The van der Waals surface area contributed by atoms with Crippen molar-refractivity contribution < 1.29 is 23.8 Å². The first-order chi connectivity index (χ1) is 18.6. The van der Waals surface area contributed by atoms with Crippen molar-refractivity contribution in [3.63, 3.8) is 0 Å². The van der Waals surface area contributed by atoms with E-state index in [9.17, 15) is 9.59 Å². The number of nitrogens with one attached hydrogen (secondary N) is 1. The van der Waals surface area contributed by atoms with E-state index in [1.54, 1.807) is 42.6 Å². The summed E-state index contributed by atoms with van der Waals surface area (Å²) in [4.78, 5) is 33.8. The van der Waals surface area contributed by atoms with E-state index in [-0.39, 0.29) is 18.6 Å². The summed E-state index contributed by atoms with van der Waals surface area (Å²) in [5.41, 5.74) is 3.51. The van der Waals surface area contributed by atoms with Gasteiger partial charge < -0.3 is 19.5 Å². The van der Waals surface area contributed by atoms with E-state index in [0.29, 0.717) is 40.6 Å². The van der Waals surface area contributed by atoms with E-state index in [0.717, 1.165) is 11.1 Å². The van der Waals surface area contributed by atoms with Crippen LogP contribution in [0.4, 0.5) is 5.69 Å². The molecule has 8 nitrogen and oxygen atoms in total. The summed E-state index contributed by atoms with van der Waals surface area (Å²) in [5, 5.41) is 3.09. The van der Waals surface area contributed by atoms with Crippen molar-refractivity contribution in [2.75, 3.05) is 18.8 Å². The second-order valence-corrected chi connectivity index (χ2v) is 9.07. The van der Waals surface area contributed by atoms with Gasteiger partial charge in [0, 0.05) is 36.3 Å². The minimum atomic E-state index is -0.676. The van der Waals surface area contributed by atoms with E-state index >= 15 is 0 Å². The Balaban J connectivity index is 1.48. The number of hydrogen-bond acceptors (Lipinski definition) is 6. The molecule has 2 amide bonds. The summed E-state index contributed by atoms with van der Waals surface area (Å²) >= 11 is 0. The molecule has 4 aromatic rings. The Kier molecular flexibility index (Phi) is 6.13. The van der Waals surface area contributed by atoms with Crippen LogP contribution in [-0.4, -0.2) is 30.7 Å². The van der Waals surface area contributed by atoms with Crippen LogP contribution >= 0.6 is 0 Å². The van der Waals surface area contributed by atoms with E-state index in [4.69, 9.17) is 14.2 Å². The van der Waals surface area contributed by atoms with Gasteiger partial charge in [0.2, 0.25) is 12.7 Å². The third-order valence-corrected chi connectivity index (χ3v) is 6.93. The maximum Gasteiger partial charge on any atom is 0.259 e. The number of aromatic nitrogens is 1. The summed E-state index contributed by atoms with van der Waals surface area (Å²) in [6.07, 6.45) is 3.38. The Morgan fingerprint density at radius 2 is 1.76 bits per heavy atom. The first-order valence-electron chi connectivity index (χ1n) is 12.3. The number of pyridine rings is 1. The van der Waals surface area contributed by atoms with Gasteiger partial charge in [0.25, 0.3) is 5.91 Å². The molecule has 2 aliphatic rings. The number of carbonyl (C=O) groups excluding carboxylic acids is 2. The number of anilines is 1. The van der Waals surface area contributed by atoms with Gasteiger partial charge in [-0.1, -0.05) is 30.3 Å². The van der Waals surface area contributed by atoms with Crippen LogP contribution in [0, 0.1) is 0 Å². The molecule has 0 saturated heterocycles. The number of hydrogen-bond donors (Lipinski definition) is 1. The summed E-state index contributed by atoms with van der Waals surface area (Å²) < 4.78 is 16.5. The average molecular weight is 508 g/mol. The molecule has 0 saturated carbocycles. The van der Waals surface area contributed by atoms with Crippen LogP contribution in [0.1, 0.15) is 39.0 Å². The number of ether oxygens (including phenoxy) is 3. The Morgan fingerprint density at radius 3 is 2.55 bits per heavy atom. The number of amides is 2. The third kappa shape index (κ3) is 4.20. The molecular formula is C30H25N3O5. The van der Waals surface area contributed by atoms with Crippen LogP contribution in [0.15, 0.2) is 91.3 Å². The minimum Gasteiger partial charge on any atom is -0.497 e. The third-order valence-electron chi connectivity index (χ3n) is 6.93. The predicted molar refractivity (Wildman–Crippen MR) is 140 cm³/mol. The minimum absolute atomic E-state index is 0.123. The van der Waals surface area contributed by atoms with Gasteiger partial charge in [-0.15, -0.1) is 0 Å². The van der Waals surface area contributed by atoms with Crippen LogP contribution in [0.2, 0.25) is 0 Å². The van der Waals surface area contributed by atoms with Crippen LogP contribution < -0.4 is 24.4 Å². The van der Waals surface area contributed by atoms with Crippen molar-refractivity contribution >= 4 is 17.5 Å². The number of methoxy groups -OCH3 is 1. The van der Waals surface area contributed by atoms with E-state index in [1.807, 2.05) is 60.7 Å². The van der Waals surface area contributed by atoms with Gasteiger partial charge in [0.05, 0.1) is 19.1 Å². The smallest absolute Gasteiger partial charge is 0.259 e. The molecule has 0 spiro atoms. The number of fused-ring (bicyclic) bond motifs is 2. The van der Waals surface area contributed by atoms with E-state index in [2.05, 4.69) is 10.3 Å². The normalized spacial score (nSPS) is 17.6. The molecule has 1 N–H and O–H groups in total. The van der Waals surface area contributed by atoms with Crippen LogP contribution in [0.25, 0.3) is 0 Å². The second-order valence-electron chi connectivity index (χ2n) is 9.07. The largest absolute Gasteiger partial charge is 0.497 e. The summed E-state index contributed by atoms with van der Waals surface area (Å²) in [6.45, 7) is 0.463. The van der Waals surface area contributed by atoms with Gasteiger partial charge in [0.1, 0.15) is 5.75 Å². The molecule has 3 heterocycles. The topological polar surface area (TPSA) is 90.0 Å². The predicted octanol–water partition coefficient (Wildman–Crippen LogP) is 4.62. The molecule has 0 fully saturated rings. The lowest BCUT2D eigenvalue weighted by atomic mass is 9.78. The van der Waals surface area contributed by atoms with E-state index < -0.39 is 12.0 Å². The van der Waals surface area contributed by atoms with Crippen LogP contribution in [0.5, 0.6) is 17.2 Å². The molecular weight excluding hydrogens is 482 g/mol. The summed E-state index contributed by atoms with van der Waals surface area (Å²) in [5.74, 6) is 0.800. The van der Waals surface area contributed by atoms with Crippen molar-refractivity contribution in [1.29, 1.82) is 0 Å². The van der Waals surface area contributed by atoms with Crippen molar-refractivity contribution in [2.24, 2.45) is 0 Å². The van der Waals surface area contributed by atoms with Gasteiger partial charge in [-0.05, 0) is 59.2 Å². The highest BCUT2D eigenvalue weighted by molar-refractivity contribution is 6.11. The fourth-order valence-corrected chi connectivity index (χ4v) is 5.08. The van der Waals surface area contributed by atoms with E-state index in [1.165, 1.54) is 0 Å². The molecule has 190 valence electrons. The zero-order valence-electron chi connectivity index (χ0n) is 20.7. The van der Waals surface area contributed by atoms with Gasteiger partial charge >= 0.3 is 0 Å². The molecule has 3 aromatic carbocycles. The molecule has 1 aromatic heterocycles. The molecule has 0 radical (unpaired) electrons.